The zero-order chi connectivity index (χ0) is 16.9. The Balaban J connectivity index is 1.65. The van der Waals surface area contributed by atoms with E-state index >= 15 is 0 Å². The average molecular weight is 345 g/mol. The van der Waals surface area contributed by atoms with Crippen molar-refractivity contribution < 1.29 is 9.53 Å². The fourth-order valence-electron chi connectivity index (χ4n) is 2.95. The summed E-state index contributed by atoms with van der Waals surface area (Å²) in [6.45, 7) is 1.88. The summed E-state index contributed by atoms with van der Waals surface area (Å²) in [5.74, 6) is 0.646. The van der Waals surface area contributed by atoms with Gasteiger partial charge in [0.2, 0.25) is 0 Å². The van der Waals surface area contributed by atoms with Crippen LogP contribution in [0.1, 0.15) is 47.5 Å². The molecule has 0 unspecified atom stereocenters. The molecule has 6 heteroatoms. The number of nitrogens with one attached hydrogen (secondary N) is 2. The van der Waals surface area contributed by atoms with Gasteiger partial charge in [0.15, 0.2) is 5.13 Å². The second-order valence-electron chi connectivity index (χ2n) is 6.10. The van der Waals surface area contributed by atoms with Gasteiger partial charge in [0, 0.05) is 11.7 Å². The summed E-state index contributed by atoms with van der Waals surface area (Å²) in [6, 6.07) is 7.79. The number of rotatable bonds is 5. The van der Waals surface area contributed by atoms with Crippen LogP contribution in [0, 0.1) is 6.92 Å². The third-order valence-electron chi connectivity index (χ3n) is 4.28. The lowest BCUT2D eigenvalue weighted by atomic mass is 9.96. The maximum atomic E-state index is 12.5. The summed E-state index contributed by atoms with van der Waals surface area (Å²) >= 11 is 1.43. The Bertz CT molecular complexity index is 691. The molecule has 2 N–H and O–H groups in total. The fourth-order valence-corrected chi connectivity index (χ4v) is 3.89. The summed E-state index contributed by atoms with van der Waals surface area (Å²) in [5.41, 5.74) is 1.51. The predicted molar refractivity (Wildman–Crippen MR) is 98.3 cm³/mol. The van der Waals surface area contributed by atoms with Gasteiger partial charge in [-0.05, 0) is 44.0 Å². The molecule has 0 bridgehead atoms. The van der Waals surface area contributed by atoms with E-state index in [9.17, 15) is 4.79 Å². The van der Waals surface area contributed by atoms with Crippen molar-refractivity contribution in [3.8, 4) is 5.75 Å². The zero-order valence-corrected chi connectivity index (χ0v) is 14.9. The fraction of sp³-hybridized carbons (Fsp3) is 0.444. The maximum Gasteiger partial charge on any atom is 0.267 e. The number of aryl methyl sites for hydroxylation is 1. The van der Waals surface area contributed by atoms with Crippen LogP contribution in [0.3, 0.4) is 0 Å². The number of benzene rings is 1. The first-order chi connectivity index (χ1) is 11.7. The van der Waals surface area contributed by atoms with E-state index in [2.05, 4.69) is 15.6 Å². The van der Waals surface area contributed by atoms with E-state index in [-0.39, 0.29) is 5.91 Å². The lowest BCUT2D eigenvalue weighted by Gasteiger charge is -2.22. The van der Waals surface area contributed by atoms with Crippen LogP contribution < -0.4 is 15.4 Å². The number of hydrogen-bond acceptors (Lipinski definition) is 5. The summed E-state index contributed by atoms with van der Waals surface area (Å²) in [4.78, 5) is 17.7. The topological polar surface area (TPSA) is 63.2 Å². The van der Waals surface area contributed by atoms with Crippen molar-refractivity contribution in [1.29, 1.82) is 0 Å². The van der Waals surface area contributed by atoms with Crippen molar-refractivity contribution in [3.05, 3.63) is 34.8 Å². The molecule has 0 atom stereocenters. The lowest BCUT2D eigenvalue weighted by Crippen LogP contribution is -2.21. The number of aromatic nitrogens is 1. The van der Waals surface area contributed by atoms with Crippen LogP contribution in [-0.2, 0) is 0 Å². The Morgan fingerprint density at radius 3 is 2.58 bits per heavy atom. The van der Waals surface area contributed by atoms with Gasteiger partial charge >= 0.3 is 0 Å². The van der Waals surface area contributed by atoms with Crippen LogP contribution in [-0.4, -0.2) is 24.0 Å². The quantitative estimate of drug-likeness (QED) is 0.840. The number of nitrogens with zero attached hydrogens (tertiary/aromatic N) is 1. The molecule has 128 valence electrons. The van der Waals surface area contributed by atoms with Gasteiger partial charge < -0.3 is 15.4 Å². The largest absolute Gasteiger partial charge is 0.497 e. The number of amides is 1. The van der Waals surface area contributed by atoms with Gasteiger partial charge in [-0.1, -0.05) is 30.6 Å². The van der Waals surface area contributed by atoms with Crippen molar-refractivity contribution in [2.45, 2.75) is 45.1 Å². The van der Waals surface area contributed by atoms with E-state index in [1.807, 2.05) is 31.2 Å². The third-order valence-corrected chi connectivity index (χ3v) is 5.37. The van der Waals surface area contributed by atoms with Crippen molar-refractivity contribution in [1.82, 2.24) is 4.98 Å². The van der Waals surface area contributed by atoms with Crippen molar-refractivity contribution in [3.63, 3.8) is 0 Å². The molecule has 2 aromatic rings. The molecule has 1 aliphatic carbocycles. The first kappa shape index (κ1) is 16.8. The highest BCUT2D eigenvalue weighted by molar-refractivity contribution is 7.17. The van der Waals surface area contributed by atoms with Crippen LogP contribution in [0.2, 0.25) is 0 Å². The Kier molecular flexibility index (Phi) is 5.35. The van der Waals surface area contributed by atoms with Gasteiger partial charge in [-0.25, -0.2) is 4.98 Å². The molecule has 1 amide bonds. The van der Waals surface area contributed by atoms with Crippen LogP contribution in [0.4, 0.5) is 10.8 Å². The number of ether oxygens (including phenoxy) is 1. The molecule has 1 aromatic heterocycles. The van der Waals surface area contributed by atoms with Crippen molar-refractivity contribution >= 4 is 28.1 Å². The highest BCUT2D eigenvalue weighted by atomic mass is 32.1. The van der Waals surface area contributed by atoms with Crippen molar-refractivity contribution in [2.75, 3.05) is 17.7 Å². The van der Waals surface area contributed by atoms with E-state index in [4.69, 9.17) is 4.74 Å². The number of thiazole rings is 1. The molecule has 1 fully saturated rings. The normalized spacial score (nSPS) is 15.1. The SMILES string of the molecule is COc1ccc(NC(=O)c2sc(NC3CCCCC3)nc2C)cc1. The highest BCUT2D eigenvalue weighted by Crippen LogP contribution is 2.27. The van der Waals surface area contributed by atoms with E-state index in [1.54, 1.807) is 7.11 Å². The summed E-state index contributed by atoms with van der Waals surface area (Å²) < 4.78 is 5.12. The molecule has 5 nitrogen and oxygen atoms in total. The smallest absolute Gasteiger partial charge is 0.267 e. The molecule has 1 aliphatic rings. The third kappa shape index (κ3) is 4.06. The molecule has 0 radical (unpaired) electrons. The molecular weight excluding hydrogens is 322 g/mol. The van der Waals surface area contributed by atoms with Gasteiger partial charge in [0.25, 0.3) is 5.91 Å². The number of anilines is 2. The molecule has 24 heavy (non-hydrogen) atoms. The molecule has 1 heterocycles. The molecule has 0 aliphatic heterocycles. The maximum absolute atomic E-state index is 12.5. The monoisotopic (exact) mass is 345 g/mol. The number of methoxy groups -OCH3 is 1. The summed E-state index contributed by atoms with van der Waals surface area (Å²) in [5, 5.41) is 7.25. The van der Waals surface area contributed by atoms with Crippen LogP contribution in [0.5, 0.6) is 5.75 Å². The second-order valence-corrected chi connectivity index (χ2v) is 7.09. The van der Waals surface area contributed by atoms with Crippen molar-refractivity contribution in [2.24, 2.45) is 0 Å². The number of carbonyl (C=O) groups excluding carboxylic acids is 1. The van der Waals surface area contributed by atoms with E-state index in [0.29, 0.717) is 10.9 Å². The first-order valence-electron chi connectivity index (χ1n) is 8.35. The van der Waals surface area contributed by atoms with Gasteiger partial charge in [0.1, 0.15) is 10.6 Å². The van der Waals surface area contributed by atoms with Gasteiger partial charge in [-0.2, -0.15) is 0 Å². The Morgan fingerprint density at radius 2 is 1.92 bits per heavy atom. The molecule has 0 saturated heterocycles. The summed E-state index contributed by atoms with van der Waals surface area (Å²) in [6.07, 6.45) is 6.24. The van der Waals surface area contributed by atoms with Gasteiger partial charge in [-0.3, -0.25) is 4.79 Å². The Hall–Kier alpha value is -2.08. The van der Waals surface area contributed by atoms with Crippen LogP contribution in [0.25, 0.3) is 0 Å². The van der Waals surface area contributed by atoms with Gasteiger partial charge in [-0.15, -0.1) is 0 Å². The molecule has 1 aromatic carbocycles. The zero-order valence-electron chi connectivity index (χ0n) is 14.1. The Labute approximate surface area is 146 Å². The Morgan fingerprint density at radius 1 is 1.21 bits per heavy atom. The summed E-state index contributed by atoms with van der Waals surface area (Å²) in [7, 11) is 1.62. The number of hydrogen-bond donors (Lipinski definition) is 2. The van der Waals surface area contributed by atoms with E-state index < -0.39 is 0 Å². The minimum Gasteiger partial charge on any atom is -0.497 e. The highest BCUT2D eigenvalue weighted by Gasteiger charge is 2.19. The van der Waals surface area contributed by atoms with Crippen LogP contribution >= 0.6 is 11.3 Å². The number of carbonyl (C=O) groups is 1. The molecule has 3 rings (SSSR count). The molecule has 1 saturated carbocycles. The standard InChI is InChI=1S/C18H23N3O2S/c1-12-16(17(22)20-14-8-10-15(23-2)11-9-14)24-18(19-12)21-13-6-4-3-5-7-13/h8-11,13H,3-7H2,1-2H3,(H,19,21)(H,20,22). The molecular formula is C18H23N3O2S. The second kappa shape index (κ2) is 7.66. The van der Waals surface area contributed by atoms with Gasteiger partial charge in [0.05, 0.1) is 12.8 Å². The van der Waals surface area contributed by atoms with Crippen LogP contribution in [0.15, 0.2) is 24.3 Å². The van der Waals surface area contributed by atoms with E-state index in [1.165, 1.54) is 43.4 Å². The minimum atomic E-state index is -0.119. The lowest BCUT2D eigenvalue weighted by molar-refractivity contribution is 0.103. The first-order valence-corrected chi connectivity index (χ1v) is 9.16. The van der Waals surface area contributed by atoms with E-state index in [0.717, 1.165) is 22.3 Å². The predicted octanol–water partition coefficient (Wildman–Crippen LogP) is 4.46. The minimum absolute atomic E-state index is 0.119. The average Bonchev–Trinajstić information content (AvgIpc) is 2.97. The molecule has 0 spiro atoms.